The van der Waals surface area contributed by atoms with Crippen molar-refractivity contribution >= 4 is 0 Å². The molecule has 0 bridgehead atoms. The van der Waals surface area contributed by atoms with Crippen LogP contribution in [-0.2, 0) is 0 Å². The Hall–Kier alpha value is -0.160. The topological polar surface area (TPSA) is 52.7 Å². The van der Waals surface area contributed by atoms with E-state index in [2.05, 4.69) is 16.7 Å². The summed E-state index contributed by atoms with van der Waals surface area (Å²) < 4.78 is 0. The van der Waals surface area contributed by atoms with E-state index in [0.717, 1.165) is 52.0 Å². The maximum absolute atomic E-state index is 10.1. The molecule has 2 fully saturated rings. The summed E-state index contributed by atoms with van der Waals surface area (Å²) in [6, 6.07) is 1.10. The van der Waals surface area contributed by atoms with Gasteiger partial charge in [0.05, 0.1) is 5.60 Å². The van der Waals surface area contributed by atoms with Gasteiger partial charge < -0.3 is 10.8 Å². The highest BCUT2D eigenvalue weighted by atomic mass is 16.3. The monoisotopic (exact) mass is 255 g/mol. The molecule has 2 heterocycles. The first-order valence-electron chi connectivity index (χ1n) is 7.44. The van der Waals surface area contributed by atoms with Gasteiger partial charge in [0, 0.05) is 25.2 Å². The van der Waals surface area contributed by atoms with E-state index in [-0.39, 0.29) is 0 Å². The fraction of sp³-hybridized carbons (Fsp3) is 1.00. The molecule has 2 aliphatic rings. The first-order chi connectivity index (χ1) is 8.50. The summed E-state index contributed by atoms with van der Waals surface area (Å²) >= 11 is 0. The lowest BCUT2D eigenvalue weighted by atomic mass is 10.0. The van der Waals surface area contributed by atoms with Crippen LogP contribution in [0.3, 0.4) is 0 Å². The van der Waals surface area contributed by atoms with Crippen LogP contribution in [0.5, 0.6) is 0 Å². The highest BCUT2D eigenvalue weighted by Crippen LogP contribution is 2.22. The third kappa shape index (κ3) is 3.67. The number of hydrogen-bond acceptors (Lipinski definition) is 4. The van der Waals surface area contributed by atoms with Crippen LogP contribution in [-0.4, -0.2) is 65.3 Å². The second kappa shape index (κ2) is 5.87. The molecule has 0 aliphatic carbocycles. The van der Waals surface area contributed by atoms with Gasteiger partial charge in [-0.1, -0.05) is 6.92 Å². The van der Waals surface area contributed by atoms with E-state index in [1.54, 1.807) is 0 Å². The van der Waals surface area contributed by atoms with Crippen molar-refractivity contribution in [1.29, 1.82) is 0 Å². The molecule has 0 amide bonds. The predicted molar refractivity (Wildman–Crippen MR) is 74.5 cm³/mol. The minimum absolute atomic E-state index is 0.416. The second-order valence-electron chi connectivity index (χ2n) is 6.40. The summed E-state index contributed by atoms with van der Waals surface area (Å²) in [6.07, 6.45) is 4.36. The summed E-state index contributed by atoms with van der Waals surface area (Å²) in [6.45, 7) is 9.37. The molecule has 2 atom stereocenters. The van der Waals surface area contributed by atoms with Crippen molar-refractivity contribution in [1.82, 2.24) is 9.80 Å². The van der Waals surface area contributed by atoms with Gasteiger partial charge >= 0.3 is 0 Å². The average molecular weight is 255 g/mol. The number of piperidine rings is 1. The number of hydrogen-bond donors (Lipinski definition) is 2. The largest absolute Gasteiger partial charge is 0.389 e. The Labute approximate surface area is 111 Å². The highest BCUT2D eigenvalue weighted by molar-refractivity contribution is 4.89. The third-order valence-electron chi connectivity index (χ3n) is 4.66. The normalized spacial score (nSPS) is 31.7. The van der Waals surface area contributed by atoms with Gasteiger partial charge in [-0.3, -0.25) is 9.80 Å². The molecule has 2 rings (SSSR count). The number of nitrogens with two attached hydrogens (primary N) is 1. The van der Waals surface area contributed by atoms with E-state index in [4.69, 9.17) is 5.73 Å². The molecular weight excluding hydrogens is 226 g/mol. The zero-order valence-corrected chi connectivity index (χ0v) is 11.9. The highest BCUT2D eigenvalue weighted by Gasteiger charge is 2.32. The van der Waals surface area contributed by atoms with Crippen molar-refractivity contribution in [3.8, 4) is 0 Å². The fourth-order valence-corrected chi connectivity index (χ4v) is 3.13. The standard InChI is InChI=1S/C14H29N3O/c1-3-14(2,18)11-16-7-6-13(10-16)17-8-4-12(15)5-9-17/h12-13,18H,3-11,15H2,1-2H3. The van der Waals surface area contributed by atoms with Crippen LogP contribution in [0.2, 0.25) is 0 Å². The Balaban J connectivity index is 1.78. The summed E-state index contributed by atoms with van der Waals surface area (Å²) in [7, 11) is 0. The quantitative estimate of drug-likeness (QED) is 0.774. The maximum Gasteiger partial charge on any atom is 0.0743 e. The lowest BCUT2D eigenvalue weighted by molar-refractivity contribution is 0.0205. The van der Waals surface area contributed by atoms with Crippen LogP contribution < -0.4 is 5.73 Å². The summed E-state index contributed by atoms with van der Waals surface area (Å²) in [5.74, 6) is 0. The van der Waals surface area contributed by atoms with Gasteiger partial charge in [0.25, 0.3) is 0 Å². The first-order valence-corrected chi connectivity index (χ1v) is 7.44. The van der Waals surface area contributed by atoms with Crippen molar-refractivity contribution in [2.45, 2.75) is 57.2 Å². The first kappa shape index (κ1) is 14.3. The van der Waals surface area contributed by atoms with E-state index in [9.17, 15) is 5.11 Å². The fourth-order valence-electron chi connectivity index (χ4n) is 3.13. The molecule has 0 aromatic rings. The Morgan fingerprint density at radius 1 is 1.22 bits per heavy atom. The van der Waals surface area contributed by atoms with Gasteiger partial charge in [0.2, 0.25) is 0 Å². The number of nitrogens with zero attached hydrogens (tertiary/aromatic N) is 2. The van der Waals surface area contributed by atoms with E-state index >= 15 is 0 Å². The molecule has 4 heteroatoms. The van der Waals surface area contributed by atoms with Crippen LogP contribution in [0.15, 0.2) is 0 Å². The predicted octanol–water partition coefficient (Wildman–Crippen LogP) is 0.645. The van der Waals surface area contributed by atoms with E-state index in [0.29, 0.717) is 12.1 Å². The van der Waals surface area contributed by atoms with Crippen molar-refractivity contribution in [3.63, 3.8) is 0 Å². The van der Waals surface area contributed by atoms with Gasteiger partial charge in [-0.15, -0.1) is 0 Å². The summed E-state index contributed by atoms with van der Waals surface area (Å²) in [5.41, 5.74) is 5.43. The van der Waals surface area contributed by atoms with Gasteiger partial charge in [-0.25, -0.2) is 0 Å². The van der Waals surface area contributed by atoms with Crippen molar-refractivity contribution in [3.05, 3.63) is 0 Å². The van der Waals surface area contributed by atoms with Crippen LogP contribution in [0, 0.1) is 0 Å². The van der Waals surface area contributed by atoms with E-state index in [1.165, 1.54) is 6.42 Å². The summed E-state index contributed by atoms with van der Waals surface area (Å²) in [5, 5.41) is 10.1. The zero-order valence-electron chi connectivity index (χ0n) is 11.9. The van der Waals surface area contributed by atoms with Crippen molar-refractivity contribution in [2.75, 3.05) is 32.7 Å². The maximum atomic E-state index is 10.1. The van der Waals surface area contributed by atoms with Crippen molar-refractivity contribution in [2.24, 2.45) is 5.73 Å². The lowest BCUT2D eigenvalue weighted by Gasteiger charge is -2.35. The lowest BCUT2D eigenvalue weighted by Crippen LogP contribution is -2.47. The van der Waals surface area contributed by atoms with Gasteiger partial charge in [0.1, 0.15) is 0 Å². The molecular formula is C14H29N3O. The smallest absolute Gasteiger partial charge is 0.0743 e. The van der Waals surface area contributed by atoms with Crippen LogP contribution >= 0.6 is 0 Å². The van der Waals surface area contributed by atoms with Crippen LogP contribution in [0.25, 0.3) is 0 Å². The molecule has 2 unspecified atom stereocenters. The number of likely N-dealkylation sites (tertiary alicyclic amines) is 2. The van der Waals surface area contributed by atoms with Crippen LogP contribution in [0.1, 0.15) is 39.5 Å². The van der Waals surface area contributed by atoms with Gasteiger partial charge in [-0.2, -0.15) is 0 Å². The summed E-state index contributed by atoms with van der Waals surface area (Å²) in [4.78, 5) is 5.02. The molecule has 3 N–H and O–H groups in total. The van der Waals surface area contributed by atoms with Gasteiger partial charge in [-0.05, 0) is 52.2 Å². The minimum atomic E-state index is -0.529. The molecule has 2 aliphatic heterocycles. The van der Waals surface area contributed by atoms with Crippen molar-refractivity contribution < 1.29 is 5.11 Å². The Bertz CT molecular complexity index is 262. The molecule has 106 valence electrons. The second-order valence-corrected chi connectivity index (χ2v) is 6.40. The minimum Gasteiger partial charge on any atom is -0.389 e. The van der Waals surface area contributed by atoms with Crippen LogP contribution in [0.4, 0.5) is 0 Å². The molecule has 2 saturated heterocycles. The number of β-amino-alcohol motifs (C(OH)–C–C–N with tert-alkyl or cyclic N) is 1. The third-order valence-corrected chi connectivity index (χ3v) is 4.66. The SMILES string of the molecule is CCC(C)(O)CN1CCC(N2CCC(N)CC2)C1. The zero-order chi connectivity index (χ0) is 13.2. The number of rotatable bonds is 4. The average Bonchev–Trinajstić information content (AvgIpc) is 2.78. The van der Waals surface area contributed by atoms with E-state index in [1.807, 2.05) is 6.92 Å². The Morgan fingerprint density at radius 3 is 2.50 bits per heavy atom. The molecule has 4 nitrogen and oxygen atoms in total. The Morgan fingerprint density at radius 2 is 1.89 bits per heavy atom. The number of aliphatic hydroxyl groups is 1. The molecule has 0 radical (unpaired) electrons. The Kier molecular flexibility index (Phi) is 4.64. The molecule has 0 spiro atoms. The van der Waals surface area contributed by atoms with E-state index < -0.39 is 5.60 Å². The molecule has 0 saturated carbocycles. The molecule has 0 aromatic carbocycles. The van der Waals surface area contributed by atoms with Gasteiger partial charge in [0.15, 0.2) is 0 Å². The molecule has 0 aromatic heterocycles. The molecule has 18 heavy (non-hydrogen) atoms.